The first-order valence-corrected chi connectivity index (χ1v) is 11.1. The van der Waals surface area contributed by atoms with Crippen LogP contribution in [0.1, 0.15) is 42.1 Å². The predicted octanol–water partition coefficient (Wildman–Crippen LogP) is 5.88. The van der Waals surface area contributed by atoms with Crippen molar-refractivity contribution in [2.24, 2.45) is 0 Å². The number of aromatic nitrogens is 2. The number of benzene rings is 2. The SMILES string of the molecule is COc1cc(C=C2CC=C3CC[C@@H](c4cccc(Cl)c4)N3C2=O)ccc1-n1cnc(C)c1. The van der Waals surface area contributed by atoms with Gasteiger partial charge in [0, 0.05) is 22.5 Å². The second-order valence-electron chi connectivity index (χ2n) is 8.21. The van der Waals surface area contributed by atoms with Crippen LogP contribution in [-0.4, -0.2) is 27.5 Å². The predicted molar refractivity (Wildman–Crippen MR) is 126 cm³/mol. The molecule has 0 unspecified atom stereocenters. The molecule has 1 saturated heterocycles. The molecule has 5 nitrogen and oxygen atoms in total. The molecule has 5 rings (SSSR count). The molecule has 2 aromatic carbocycles. The summed E-state index contributed by atoms with van der Waals surface area (Å²) < 4.78 is 7.56. The Labute approximate surface area is 192 Å². The Bertz CT molecular complexity index is 1260. The van der Waals surface area contributed by atoms with Gasteiger partial charge in [-0.2, -0.15) is 0 Å². The summed E-state index contributed by atoms with van der Waals surface area (Å²) in [5.74, 6) is 0.799. The van der Waals surface area contributed by atoms with E-state index in [-0.39, 0.29) is 11.9 Å². The summed E-state index contributed by atoms with van der Waals surface area (Å²) in [6.07, 6.45) is 10.3. The number of carbonyl (C=O) groups is 1. The van der Waals surface area contributed by atoms with Gasteiger partial charge in [-0.15, -0.1) is 0 Å². The molecule has 3 heterocycles. The highest BCUT2D eigenvalue weighted by Gasteiger charge is 2.37. The lowest BCUT2D eigenvalue weighted by Crippen LogP contribution is -2.32. The topological polar surface area (TPSA) is 47.4 Å². The van der Waals surface area contributed by atoms with Crippen molar-refractivity contribution in [3.8, 4) is 11.4 Å². The maximum Gasteiger partial charge on any atom is 0.254 e. The Morgan fingerprint density at radius 3 is 2.84 bits per heavy atom. The highest BCUT2D eigenvalue weighted by atomic mass is 35.5. The summed E-state index contributed by atoms with van der Waals surface area (Å²) >= 11 is 6.21. The number of nitrogens with zero attached hydrogens (tertiary/aromatic N) is 3. The molecule has 1 amide bonds. The number of amides is 1. The molecule has 0 N–H and O–H groups in total. The summed E-state index contributed by atoms with van der Waals surface area (Å²) in [5, 5.41) is 0.695. The van der Waals surface area contributed by atoms with E-state index in [1.54, 1.807) is 13.4 Å². The first kappa shape index (κ1) is 20.6. The zero-order valence-electron chi connectivity index (χ0n) is 18.1. The van der Waals surface area contributed by atoms with Gasteiger partial charge in [0.2, 0.25) is 0 Å². The van der Waals surface area contributed by atoms with E-state index in [0.717, 1.165) is 52.4 Å². The minimum atomic E-state index is 0.0255. The van der Waals surface area contributed by atoms with E-state index in [4.69, 9.17) is 16.3 Å². The van der Waals surface area contributed by atoms with Gasteiger partial charge in [0.25, 0.3) is 5.91 Å². The second-order valence-corrected chi connectivity index (χ2v) is 8.64. The fraction of sp³-hybridized carbons (Fsp3) is 0.231. The number of methoxy groups -OCH3 is 1. The number of aryl methyl sites for hydroxylation is 1. The third-order valence-electron chi connectivity index (χ3n) is 6.11. The Hall–Kier alpha value is -3.31. The van der Waals surface area contributed by atoms with Crippen molar-refractivity contribution < 1.29 is 9.53 Å². The maximum atomic E-state index is 13.5. The number of carbonyl (C=O) groups excluding carboxylic acids is 1. The molecule has 1 aromatic heterocycles. The number of hydrogen-bond donors (Lipinski definition) is 0. The third kappa shape index (κ3) is 3.73. The van der Waals surface area contributed by atoms with Crippen molar-refractivity contribution in [3.05, 3.63) is 94.2 Å². The van der Waals surface area contributed by atoms with E-state index >= 15 is 0 Å². The van der Waals surface area contributed by atoms with Gasteiger partial charge in [0.15, 0.2) is 0 Å². The van der Waals surface area contributed by atoms with Crippen LogP contribution in [-0.2, 0) is 4.79 Å². The van der Waals surface area contributed by atoms with Crippen molar-refractivity contribution in [2.75, 3.05) is 7.11 Å². The maximum absolute atomic E-state index is 13.5. The number of fused-ring (bicyclic) bond motifs is 1. The Morgan fingerprint density at radius 1 is 1.22 bits per heavy atom. The average molecular weight is 446 g/mol. The van der Waals surface area contributed by atoms with Gasteiger partial charge in [-0.1, -0.05) is 35.9 Å². The van der Waals surface area contributed by atoms with Crippen LogP contribution < -0.4 is 4.74 Å². The molecule has 0 bridgehead atoms. The summed E-state index contributed by atoms with van der Waals surface area (Å²) in [6.45, 7) is 1.95. The third-order valence-corrected chi connectivity index (χ3v) is 6.35. The van der Waals surface area contributed by atoms with Crippen LogP contribution in [0.2, 0.25) is 5.02 Å². The van der Waals surface area contributed by atoms with E-state index in [2.05, 4.69) is 11.1 Å². The van der Waals surface area contributed by atoms with E-state index in [1.807, 2.05) is 71.1 Å². The van der Waals surface area contributed by atoms with Crippen LogP contribution >= 0.6 is 11.6 Å². The molecule has 1 fully saturated rings. The van der Waals surface area contributed by atoms with E-state index in [1.165, 1.54) is 0 Å². The van der Waals surface area contributed by atoms with Gasteiger partial charge < -0.3 is 14.2 Å². The van der Waals surface area contributed by atoms with Crippen molar-refractivity contribution in [2.45, 2.75) is 32.2 Å². The van der Waals surface area contributed by atoms with Crippen LogP contribution in [0.25, 0.3) is 11.8 Å². The number of rotatable bonds is 4. The molecular weight excluding hydrogens is 422 g/mol. The Morgan fingerprint density at radius 2 is 2.09 bits per heavy atom. The molecule has 0 aliphatic carbocycles. The minimum absolute atomic E-state index is 0.0255. The first-order valence-electron chi connectivity index (χ1n) is 10.7. The van der Waals surface area contributed by atoms with Crippen molar-refractivity contribution in [1.82, 2.24) is 14.5 Å². The number of halogens is 1. The fourth-order valence-corrected chi connectivity index (χ4v) is 4.78. The van der Waals surface area contributed by atoms with E-state index < -0.39 is 0 Å². The highest BCUT2D eigenvalue weighted by molar-refractivity contribution is 6.30. The molecular formula is C26H24ClN3O2. The zero-order valence-corrected chi connectivity index (χ0v) is 18.8. The lowest BCUT2D eigenvalue weighted by atomic mass is 10.0. The minimum Gasteiger partial charge on any atom is -0.495 e. The largest absolute Gasteiger partial charge is 0.495 e. The van der Waals surface area contributed by atoms with E-state index in [9.17, 15) is 4.79 Å². The lowest BCUT2D eigenvalue weighted by Gasteiger charge is -2.30. The van der Waals surface area contributed by atoms with Gasteiger partial charge in [-0.05, 0) is 67.7 Å². The molecule has 0 saturated carbocycles. The molecule has 162 valence electrons. The first-order chi connectivity index (χ1) is 15.5. The number of ether oxygens (including phenoxy) is 1. The monoisotopic (exact) mass is 445 g/mol. The second kappa shape index (κ2) is 8.32. The molecule has 0 radical (unpaired) electrons. The van der Waals surface area contributed by atoms with Crippen LogP contribution in [0.4, 0.5) is 0 Å². The van der Waals surface area contributed by atoms with Crippen LogP contribution in [0.5, 0.6) is 5.75 Å². The van der Waals surface area contributed by atoms with Crippen molar-refractivity contribution >= 4 is 23.6 Å². The molecule has 3 aromatic rings. The van der Waals surface area contributed by atoms with Crippen LogP contribution in [0.3, 0.4) is 0 Å². The smallest absolute Gasteiger partial charge is 0.254 e. The summed E-state index contributed by atoms with van der Waals surface area (Å²) in [5.41, 5.74) is 5.75. The number of allylic oxidation sites excluding steroid dienone is 2. The van der Waals surface area contributed by atoms with Gasteiger partial charge in [-0.25, -0.2) is 4.98 Å². The molecule has 1 atom stereocenters. The van der Waals surface area contributed by atoms with Gasteiger partial charge in [0.05, 0.1) is 30.9 Å². The molecule has 2 aliphatic rings. The lowest BCUT2D eigenvalue weighted by molar-refractivity contribution is -0.126. The summed E-state index contributed by atoms with van der Waals surface area (Å²) in [4.78, 5) is 19.7. The van der Waals surface area contributed by atoms with Gasteiger partial charge >= 0.3 is 0 Å². The molecule has 2 aliphatic heterocycles. The van der Waals surface area contributed by atoms with Crippen LogP contribution in [0.15, 0.2) is 72.3 Å². The standard InChI is InChI=1S/C26H24ClN3O2/c1-17-15-29(16-28-17)24-10-6-18(13-25(24)32-2)12-20-7-8-22-9-11-23(30(22)26(20)31)19-4-3-5-21(27)14-19/h3-6,8,10,12-16,23H,7,9,11H2,1-2H3/t23-/m0/s1. The van der Waals surface area contributed by atoms with Crippen molar-refractivity contribution in [3.63, 3.8) is 0 Å². The highest BCUT2D eigenvalue weighted by Crippen LogP contribution is 2.43. The van der Waals surface area contributed by atoms with Crippen molar-refractivity contribution in [1.29, 1.82) is 0 Å². The normalized spacial score (nSPS) is 19.3. The summed E-state index contributed by atoms with van der Waals surface area (Å²) in [7, 11) is 1.65. The van der Waals surface area contributed by atoms with Crippen LogP contribution in [0, 0.1) is 6.92 Å². The number of hydrogen-bond acceptors (Lipinski definition) is 3. The van der Waals surface area contributed by atoms with Gasteiger partial charge in [-0.3, -0.25) is 4.79 Å². The van der Waals surface area contributed by atoms with E-state index in [0.29, 0.717) is 11.4 Å². The molecule has 32 heavy (non-hydrogen) atoms. The average Bonchev–Trinajstić information content (AvgIpc) is 3.42. The molecule has 6 heteroatoms. The quantitative estimate of drug-likeness (QED) is 0.471. The Balaban J connectivity index is 1.45. The molecule has 0 spiro atoms. The zero-order chi connectivity index (χ0) is 22.2. The Kier molecular flexibility index (Phi) is 5.35. The summed E-state index contributed by atoms with van der Waals surface area (Å²) in [6, 6.07) is 13.8. The fourth-order valence-electron chi connectivity index (χ4n) is 4.58. The van der Waals surface area contributed by atoms with Gasteiger partial charge in [0.1, 0.15) is 5.75 Å². The number of imidazole rings is 1.